The average Bonchev–Trinajstić information content (AvgIpc) is 2.66. The van der Waals surface area contributed by atoms with Crippen LogP contribution in [0.4, 0.5) is 4.79 Å². The fraction of sp³-hybridized carbons (Fsp3) is 0.522. The fourth-order valence-corrected chi connectivity index (χ4v) is 3.46. The first-order valence-corrected chi connectivity index (χ1v) is 10.4. The zero-order valence-electron chi connectivity index (χ0n) is 19.3. The molecule has 170 valence electrons. The third kappa shape index (κ3) is 5.77. The summed E-state index contributed by atoms with van der Waals surface area (Å²) in [5.74, 6) is -1.68. The van der Waals surface area contributed by atoms with Crippen LogP contribution < -0.4 is 5.32 Å². The smallest absolute Gasteiger partial charge is 0.414 e. The molecule has 2 aliphatic rings. The first kappa shape index (κ1) is 24.2. The van der Waals surface area contributed by atoms with Crippen LogP contribution in [0.15, 0.2) is 46.5 Å². The monoisotopic (exact) mass is 432 g/mol. The summed E-state index contributed by atoms with van der Waals surface area (Å²) in [5.41, 5.74) is 1.99. The van der Waals surface area contributed by atoms with Gasteiger partial charge in [0, 0.05) is 24.1 Å². The first-order chi connectivity index (χ1) is 14.5. The summed E-state index contributed by atoms with van der Waals surface area (Å²) in [7, 11) is 0. The number of amides is 1. The first-order valence-electron chi connectivity index (χ1n) is 10.4. The van der Waals surface area contributed by atoms with Crippen LogP contribution in [-0.2, 0) is 23.8 Å². The van der Waals surface area contributed by atoms with Crippen molar-refractivity contribution < 1.29 is 28.6 Å². The third-order valence-electron chi connectivity index (χ3n) is 4.68. The summed E-state index contributed by atoms with van der Waals surface area (Å²) < 4.78 is 15.9. The molecule has 0 aromatic carbocycles. The Kier molecular flexibility index (Phi) is 7.70. The second-order valence-corrected chi connectivity index (χ2v) is 8.23. The molecule has 8 nitrogen and oxygen atoms in total. The number of carbonyl (C=O) groups excluding carboxylic acids is 3. The Bertz CT molecular complexity index is 833. The minimum absolute atomic E-state index is 0.209. The Labute approximate surface area is 183 Å². The Hall–Kier alpha value is -3.03. The lowest BCUT2D eigenvalue weighted by Crippen LogP contribution is -2.37. The largest absolute Gasteiger partial charge is 0.463 e. The van der Waals surface area contributed by atoms with Gasteiger partial charge in [0.25, 0.3) is 0 Å². The second kappa shape index (κ2) is 9.85. The SMILES string of the molecule is CCOC(=O)C1=C(C)NC(C)=C(C(=O)OCC)C1C1=CCN(C(=O)OC(C)(C)C)C=C1. The van der Waals surface area contributed by atoms with Crippen molar-refractivity contribution in [1.29, 1.82) is 0 Å². The number of nitrogens with zero attached hydrogens (tertiary/aromatic N) is 1. The zero-order chi connectivity index (χ0) is 23.3. The average molecular weight is 433 g/mol. The van der Waals surface area contributed by atoms with Crippen molar-refractivity contribution in [3.63, 3.8) is 0 Å². The molecular weight excluding hydrogens is 400 g/mol. The maximum absolute atomic E-state index is 12.8. The summed E-state index contributed by atoms with van der Waals surface area (Å²) in [4.78, 5) is 39.4. The lowest BCUT2D eigenvalue weighted by molar-refractivity contribution is -0.139. The number of ether oxygens (including phenoxy) is 3. The summed E-state index contributed by atoms with van der Waals surface area (Å²) in [6.45, 7) is 13.1. The van der Waals surface area contributed by atoms with Crippen molar-refractivity contribution in [2.45, 2.75) is 54.1 Å². The predicted molar refractivity (Wildman–Crippen MR) is 115 cm³/mol. The lowest BCUT2D eigenvalue weighted by Gasteiger charge is -2.33. The Morgan fingerprint density at radius 2 is 1.55 bits per heavy atom. The number of hydrogen-bond donors (Lipinski definition) is 1. The molecule has 0 aromatic heterocycles. The molecule has 0 bridgehead atoms. The molecule has 0 atom stereocenters. The Morgan fingerprint density at radius 3 is 1.94 bits per heavy atom. The van der Waals surface area contributed by atoms with E-state index in [4.69, 9.17) is 14.2 Å². The van der Waals surface area contributed by atoms with Gasteiger partial charge < -0.3 is 19.5 Å². The van der Waals surface area contributed by atoms with Crippen LogP contribution in [0.3, 0.4) is 0 Å². The van der Waals surface area contributed by atoms with E-state index in [1.54, 1.807) is 66.8 Å². The molecule has 0 fully saturated rings. The Balaban J connectivity index is 2.43. The molecule has 2 heterocycles. The van der Waals surface area contributed by atoms with Crippen molar-refractivity contribution in [3.8, 4) is 0 Å². The van der Waals surface area contributed by atoms with E-state index in [1.807, 2.05) is 0 Å². The van der Waals surface area contributed by atoms with Gasteiger partial charge in [0.05, 0.1) is 30.3 Å². The quantitative estimate of drug-likeness (QED) is 0.524. The molecule has 0 unspecified atom stereocenters. The number of carbonyl (C=O) groups is 3. The molecule has 1 N–H and O–H groups in total. The molecule has 2 aliphatic heterocycles. The maximum Gasteiger partial charge on any atom is 0.414 e. The van der Waals surface area contributed by atoms with E-state index in [9.17, 15) is 14.4 Å². The van der Waals surface area contributed by atoms with Gasteiger partial charge in [0.1, 0.15) is 5.60 Å². The number of allylic oxidation sites excluding steroid dienone is 4. The normalized spacial score (nSPS) is 17.3. The molecule has 1 amide bonds. The van der Waals surface area contributed by atoms with Gasteiger partial charge in [0.15, 0.2) is 0 Å². The van der Waals surface area contributed by atoms with Crippen LogP contribution >= 0.6 is 0 Å². The highest BCUT2D eigenvalue weighted by molar-refractivity contribution is 5.99. The number of esters is 2. The molecule has 0 spiro atoms. The van der Waals surface area contributed by atoms with Gasteiger partial charge in [-0.25, -0.2) is 14.4 Å². The van der Waals surface area contributed by atoms with Crippen molar-refractivity contribution in [1.82, 2.24) is 10.2 Å². The molecule has 0 saturated heterocycles. The number of dihydropyridines is 1. The maximum atomic E-state index is 12.8. The number of rotatable bonds is 5. The predicted octanol–water partition coefficient (Wildman–Crippen LogP) is 3.57. The molecule has 0 aromatic rings. The highest BCUT2D eigenvalue weighted by atomic mass is 16.6. The van der Waals surface area contributed by atoms with Crippen molar-refractivity contribution >= 4 is 18.0 Å². The van der Waals surface area contributed by atoms with E-state index < -0.39 is 29.6 Å². The summed E-state index contributed by atoms with van der Waals surface area (Å²) in [6.07, 6.45) is 4.64. The summed E-state index contributed by atoms with van der Waals surface area (Å²) in [5, 5.41) is 3.10. The minimum Gasteiger partial charge on any atom is -0.463 e. The van der Waals surface area contributed by atoms with E-state index in [-0.39, 0.29) is 19.8 Å². The molecular formula is C23H32N2O6. The molecule has 8 heteroatoms. The lowest BCUT2D eigenvalue weighted by atomic mass is 9.79. The van der Waals surface area contributed by atoms with Gasteiger partial charge in [-0.05, 0) is 60.1 Å². The molecule has 0 saturated carbocycles. The summed E-state index contributed by atoms with van der Waals surface area (Å²) in [6, 6.07) is 0. The molecule has 0 radical (unpaired) electrons. The summed E-state index contributed by atoms with van der Waals surface area (Å²) >= 11 is 0. The molecule has 0 aliphatic carbocycles. The third-order valence-corrected chi connectivity index (χ3v) is 4.68. The van der Waals surface area contributed by atoms with Gasteiger partial charge >= 0.3 is 18.0 Å². The van der Waals surface area contributed by atoms with E-state index >= 15 is 0 Å². The van der Waals surface area contributed by atoms with E-state index in [2.05, 4.69) is 5.32 Å². The van der Waals surface area contributed by atoms with Gasteiger partial charge in [0.2, 0.25) is 0 Å². The molecule has 2 rings (SSSR count). The highest BCUT2D eigenvalue weighted by Gasteiger charge is 2.39. The standard InChI is InChI=1S/C23H32N2O6/c1-8-29-20(26)17-14(3)24-15(4)18(21(27)30-9-2)19(17)16-10-12-25(13-11-16)22(28)31-23(5,6)7/h10-12,19,24H,8-9,13H2,1-7H3. The zero-order valence-corrected chi connectivity index (χ0v) is 19.3. The highest BCUT2D eigenvalue weighted by Crippen LogP contribution is 2.38. The van der Waals surface area contributed by atoms with Gasteiger partial charge in [-0.2, -0.15) is 0 Å². The van der Waals surface area contributed by atoms with Crippen LogP contribution in [0.25, 0.3) is 0 Å². The topological polar surface area (TPSA) is 94.2 Å². The van der Waals surface area contributed by atoms with E-state index in [0.717, 1.165) is 0 Å². The van der Waals surface area contributed by atoms with E-state index in [0.29, 0.717) is 28.1 Å². The Morgan fingerprint density at radius 1 is 1.03 bits per heavy atom. The number of nitrogens with one attached hydrogen (secondary N) is 1. The van der Waals surface area contributed by atoms with Crippen LogP contribution in [0.1, 0.15) is 48.5 Å². The van der Waals surface area contributed by atoms with E-state index in [1.165, 1.54) is 4.90 Å². The second-order valence-electron chi connectivity index (χ2n) is 8.23. The van der Waals surface area contributed by atoms with Crippen LogP contribution in [0.2, 0.25) is 0 Å². The van der Waals surface area contributed by atoms with Crippen LogP contribution in [0.5, 0.6) is 0 Å². The van der Waals surface area contributed by atoms with Crippen molar-refractivity contribution in [2.24, 2.45) is 5.92 Å². The molecule has 31 heavy (non-hydrogen) atoms. The van der Waals surface area contributed by atoms with Crippen molar-refractivity contribution in [2.75, 3.05) is 19.8 Å². The number of hydrogen-bond acceptors (Lipinski definition) is 7. The van der Waals surface area contributed by atoms with Crippen molar-refractivity contribution in [3.05, 3.63) is 46.5 Å². The minimum atomic E-state index is -0.670. The van der Waals surface area contributed by atoms with Gasteiger partial charge in [-0.3, -0.25) is 4.90 Å². The van der Waals surface area contributed by atoms with Crippen LogP contribution in [0, 0.1) is 5.92 Å². The van der Waals surface area contributed by atoms with Gasteiger partial charge in [-0.1, -0.05) is 6.08 Å². The van der Waals surface area contributed by atoms with Gasteiger partial charge in [-0.15, -0.1) is 0 Å². The van der Waals surface area contributed by atoms with Crippen LogP contribution in [-0.4, -0.2) is 48.3 Å². The fourth-order valence-electron chi connectivity index (χ4n) is 3.46.